The predicted molar refractivity (Wildman–Crippen MR) is 123 cm³/mol. The number of halogens is 5. The van der Waals surface area contributed by atoms with Crippen LogP contribution in [-0.2, 0) is 6.18 Å². The maximum atomic E-state index is 13.5. The van der Waals surface area contributed by atoms with Crippen LogP contribution in [0.2, 0.25) is 5.02 Å². The normalized spacial score (nSPS) is 11.5. The van der Waals surface area contributed by atoms with Crippen molar-refractivity contribution in [2.24, 2.45) is 0 Å². The summed E-state index contributed by atoms with van der Waals surface area (Å²) in [6.45, 7) is 1.37. The van der Waals surface area contributed by atoms with Crippen molar-refractivity contribution in [1.29, 1.82) is 0 Å². The summed E-state index contributed by atoms with van der Waals surface area (Å²) >= 11 is 8.92. The van der Waals surface area contributed by atoms with Crippen molar-refractivity contribution >= 4 is 50.5 Å². The Morgan fingerprint density at radius 2 is 1.86 bits per heavy atom. The van der Waals surface area contributed by atoms with Gasteiger partial charge in [0, 0.05) is 22.8 Å². The van der Waals surface area contributed by atoms with E-state index in [-0.39, 0.29) is 27.3 Å². The molecule has 35 heavy (non-hydrogen) atoms. The number of hydrogen-bond acceptors (Lipinski definition) is 6. The molecule has 1 amide bonds. The number of nitro groups is 1. The molecule has 0 radical (unpaired) electrons. The summed E-state index contributed by atoms with van der Waals surface area (Å²) < 4.78 is 46.4. The monoisotopic (exact) mass is 569 g/mol. The van der Waals surface area contributed by atoms with Gasteiger partial charge in [0.15, 0.2) is 11.3 Å². The lowest BCUT2D eigenvalue weighted by molar-refractivity contribution is -0.384. The number of nitro benzene ring substituents is 1. The van der Waals surface area contributed by atoms with Crippen molar-refractivity contribution in [2.75, 3.05) is 5.32 Å². The van der Waals surface area contributed by atoms with E-state index in [4.69, 9.17) is 16.3 Å². The predicted octanol–water partition coefficient (Wildman–Crippen LogP) is 6.43. The number of hydrogen-bond donors (Lipinski definition) is 1. The third-order valence-corrected chi connectivity index (χ3v) is 5.56. The summed E-state index contributed by atoms with van der Waals surface area (Å²) in [6.07, 6.45) is -4.75. The number of aromatic nitrogens is 3. The fourth-order valence-electron chi connectivity index (χ4n) is 3.11. The third-order valence-electron chi connectivity index (χ3n) is 4.58. The van der Waals surface area contributed by atoms with Crippen LogP contribution in [0.5, 0.6) is 11.5 Å². The van der Waals surface area contributed by atoms with Crippen molar-refractivity contribution in [1.82, 2.24) is 14.6 Å². The third kappa shape index (κ3) is 5.20. The minimum absolute atomic E-state index is 0.0301. The summed E-state index contributed by atoms with van der Waals surface area (Å²) in [5.41, 5.74) is -2.10. The van der Waals surface area contributed by atoms with Crippen LogP contribution in [0.25, 0.3) is 5.65 Å². The molecule has 0 unspecified atom stereocenters. The number of carbonyl (C=O) groups excluding carboxylic acids is 1. The van der Waals surface area contributed by atoms with E-state index in [1.807, 2.05) is 0 Å². The zero-order valence-corrected chi connectivity index (χ0v) is 19.8. The second kappa shape index (κ2) is 9.15. The smallest absolute Gasteiger partial charge is 0.433 e. The number of alkyl halides is 3. The minimum Gasteiger partial charge on any atom is -0.457 e. The number of ether oxygens (including phenoxy) is 1. The number of aryl methyl sites for hydroxylation is 1. The molecule has 14 heteroatoms. The number of carbonyl (C=O) groups is 1. The average Bonchev–Trinajstić information content (AvgIpc) is 3.10. The Bertz CT molecular complexity index is 1470. The number of non-ortho nitro benzene ring substituents is 1. The van der Waals surface area contributed by atoms with Gasteiger partial charge in [-0.3, -0.25) is 14.9 Å². The molecule has 0 bridgehead atoms. The quantitative estimate of drug-likeness (QED) is 0.219. The van der Waals surface area contributed by atoms with Gasteiger partial charge >= 0.3 is 6.18 Å². The number of nitrogens with zero attached hydrogens (tertiary/aromatic N) is 4. The van der Waals surface area contributed by atoms with Crippen molar-refractivity contribution < 1.29 is 27.6 Å². The van der Waals surface area contributed by atoms with E-state index in [0.717, 1.165) is 18.2 Å². The number of fused-ring (bicyclic) bond motifs is 1. The van der Waals surface area contributed by atoms with Gasteiger partial charge < -0.3 is 10.1 Å². The number of amides is 1. The molecule has 9 nitrogen and oxygen atoms in total. The van der Waals surface area contributed by atoms with Crippen LogP contribution in [0.4, 0.5) is 24.5 Å². The van der Waals surface area contributed by atoms with Gasteiger partial charge in [0.25, 0.3) is 11.6 Å². The molecular formula is C21H12BrClF3N5O4. The van der Waals surface area contributed by atoms with Gasteiger partial charge in [0.05, 0.1) is 21.1 Å². The number of benzene rings is 2. The number of anilines is 1. The Morgan fingerprint density at radius 1 is 1.17 bits per heavy atom. The van der Waals surface area contributed by atoms with E-state index in [0.29, 0.717) is 15.3 Å². The summed E-state index contributed by atoms with van der Waals surface area (Å²) in [7, 11) is 0. The Balaban J connectivity index is 1.70. The number of rotatable bonds is 5. The van der Waals surface area contributed by atoms with Gasteiger partial charge in [0.2, 0.25) is 0 Å². The molecule has 4 rings (SSSR count). The molecule has 0 fully saturated rings. The second-order valence-electron chi connectivity index (χ2n) is 7.16. The highest BCUT2D eigenvalue weighted by Gasteiger charge is 2.36. The van der Waals surface area contributed by atoms with Gasteiger partial charge in [-0.1, -0.05) is 11.6 Å². The van der Waals surface area contributed by atoms with Gasteiger partial charge in [-0.2, -0.15) is 18.3 Å². The highest BCUT2D eigenvalue weighted by molar-refractivity contribution is 9.10. The Kier molecular flexibility index (Phi) is 6.38. The van der Waals surface area contributed by atoms with Crippen molar-refractivity contribution in [3.8, 4) is 11.5 Å². The van der Waals surface area contributed by atoms with Gasteiger partial charge in [-0.05, 0) is 53.2 Å². The van der Waals surface area contributed by atoms with Crippen LogP contribution >= 0.6 is 27.5 Å². The van der Waals surface area contributed by atoms with E-state index in [1.165, 1.54) is 13.0 Å². The van der Waals surface area contributed by atoms with Crippen LogP contribution in [0.3, 0.4) is 0 Å². The molecule has 0 aliphatic heterocycles. The largest absolute Gasteiger partial charge is 0.457 e. The SMILES string of the molecule is Cc1cc(C(F)(F)F)n2nc(C(=O)Nc3cc(Oc4ccc(Cl)cc4)cc([N+](=O)[O-])c3)c(Br)c2n1. The van der Waals surface area contributed by atoms with Crippen LogP contribution in [0.15, 0.2) is 53.0 Å². The van der Waals surface area contributed by atoms with Crippen molar-refractivity contribution in [3.05, 3.63) is 85.2 Å². The zero-order chi connectivity index (χ0) is 25.5. The summed E-state index contributed by atoms with van der Waals surface area (Å²) in [6, 6.07) is 10.5. The first kappa shape index (κ1) is 24.4. The average molecular weight is 571 g/mol. The summed E-state index contributed by atoms with van der Waals surface area (Å²) in [5, 5.41) is 18.0. The van der Waals surface area contributed by atoms with Crippen molar-refractivity contribution in [3.63, 3.8) is 0 Å². The molecule has 0 aliphatic carbocycles. The van der Waals surface area contributed by atoms with E-state index in [9.17, 15) is 28.1 Å². The first-order valence-corrected chi connectivity index (χ1v) is 10.8. The fraction of sp³-hybridized carbons (Fsp3) is 0.0952. The van der Waals surface area contributed by atoms with Gasteiger partial charge in [-0.15, -0.1) is 0 Å². The molecule has 2 heterocycles. The summed E-state index contributed by atoms with van der Waals surface area (Å²) in [5.74, 6) is -0.565. The standard InChI is InChI=1S/C21H12BrClF3N5O4/c1-10-6-16(21(24,25)26)30-19(27-10)17(22)18(29-30)20(32)28-12-7-13(31(33)34)9-15(8-12)35-14-4-2-11(23)3-5-14/h2-9H,1H3,(H,28,32). The van der Waals surface area contributed by atoms with Crippen LogP contribution in [-0.4, -0.2) is 25.4 Å². The van der Waals surface area contributed by atoms with E-state index >= 15 is 0 Å². The highest BCUT2D eigenvalue weighted by atomic mass is 79.9. The molecular weight excluding hydrogens is 559 g/mol. The molecule has 0 aliphatic rings. The minimum atomic E-state index is -4.75. The highest BCUT2D eigenvalue weighted by Crippen LogP contribution is 2.34. The molecule has 4 aromatic rings. The maximum absolute atomic E-state index is 13.5. The molecule has 2 aromatic carbocycles. The lowest BCUT2D eigenvalue weighted by Crippen LogP contribution is -2.16. The molecule has 2 aromatic heterocycles. The van der Waals surface area contributed by atoms with Gasteiger partial charge in [-0.25, -0.2) is 9.50 Å². The maximum Gasteiger partial charge on any atom is 0.433 e. The first-order chi connectivity index (χ1) is 16.4. The van der Waals surface area contributed by atoms with E-state index in [2.05, 4.69) is 31.3 Å². The topological polar surface area (TPSA) is 112 Å². The summed E-state index contributed by atoms with van der Waals surface area (Å²) in [4.78, 5) is 27.6. The molecule has 0 spiro atoms. The lowest BCUT2D eigenvalue weighted by Gasteiger charge is -2.09. The Morgan fingerprint density at radius 3 is 2.49 bits per heavy atom. The first-order valence-electron chi connectivity index (χ1n) is 9.59. The van der Waals surface area contributed by atoms with E-state index in [1.54, 1.807) is 24.3 Å². The van der Waals surface area contributed by atoms with Crippen LogP contribution in [0.1, 0.15) is 21.9 Å². The van der Waals surface area contributed by atoms with Crippen LogP contribution in [0, 0.1) is 17.0 Å². The molecule has 0 atom stereocenters. The molecule has 0 saturated carbocycles. The van der Waals surface area contributed by atoms with Crippen LogP contribution < -0.4 is 10.1 Å². The fourth-order valence-corrected chi connectivity index (χ4v) is 3.75. The zero-order valence-electron chi connectivity index (χ0n) is 17.4. The molecule has 180 valence electrons. The number of nitrogens with one attached hydrogen (secondary N) is 1. The lowest BCUT2D eigenvalue weighted by atomic mass is 10.2. The Hall–Kier alpha value is -3.71. The Labute approximate surface area is 207 Å². The molecule has 1 N–H and O–H groups in total. The molecule has 0 saturated heterocycles. The van der Waals surface area contributed by atoms with Crippen molar-refractivity contribution in [2.45, 2.75) is 13.1 Å². The second-order valence-corrected chi connectivity index (χ2v) is 8.39. The van der Waals surface area contributed by atoms with E-state index < -0.39 is 34.1 Å². The van der Waals surface area contributed by atoms with Gasteiger partial charge in [0.1, 0.15) is 17.2 Å².